The van der Waals surface area contributed by atoms with Crippen molar-refractivity contribution in [1.29, 1.82) is 0 Å². The lowest BCUT2D eigenvalue weighted by Gasteiger charge is -2.00. The van der Waals surface area contributed by atoms with Gasteiger partial charge in [-0.05, 0) is 11.6 Å². The SMILES string of the molecule is O=C(O)c1ccc(Cn2cn[nH]c2=O)cn1. The minimum Gasteiger partial charge on any atom is -0.477 e. The largest absolute Gasteiger partial charge is 0.477 e. The van der Waals surface area contributed by atoms with Crippen LogP contribution in [0.1, 0.15) is 16.1 Å². The van der Waals surface area contributed by atoms with Crippen molar-refractivity contribution in [3.63, 3.8) is 0 Å². The number of carboxylic acid groups (broad SMARTS) is 1. The highest BCUT2D eigenvalue weighted by Gasteiger charge is 2.04. The van der Waals surface area contributed by atoms with Crippen molar-refractivity contribution in [1.82, 2.24) is 19.7 Å². The van der Waals surface area contributed by atoms with Gasteiger partial charge in [0.1, 0.15) is 12.0 Å². The number of H-pyrrole nitrogens is 1. The fourth-order valence-corrected chi connectivity index (χ4v) is 1.22. The Morgan fingerprint density at radius 1 is 1.50 bits per heavy atom. The Kier molecular flexibility index (Phi) is 2.50. The van der Waals surface area contributed by atoms with Crippen LogP contribution in [0.3, 0.4) is 0 Å². The summed E-state index contributed by atoms with van der Waals surface area (Å²) in [7, 11) is 0. The highest BCUT2D eigenvalue weighted by Crippen LogP contribution is 2.01. The molecule has 0 bridgehead atoms. The molecule has 0 saturated carbocycles. The molecule has 0 aliphatic heterocycles. The molecule has 2 aromatic heterocycles. The molecule has 7 nitrogen and oxygen atoms in total. The van der Waals surface area contributed by atoms with Crippen LogP contribution in [0.5, 0.6) is 0 Å². The summed E-state index contributed by atoms with van der Waals surface area (Å²) in [6.45, 7) is 0.308. The molecule has 2 rings (SSSR count). The zero-order valence-corrected chi connectivity index (χ0v) is 8.12. The van der Waals surface area contributed by atoms with Gasteiger partial charge >= 0.3 is 11.7 Å². The molecule has 0 aliphatic carbocycles. The molecule has 0 atom stereocenters. The standard InChI is InChI=1S/C9H8N4O3/c14-8(15)7-2-1-6(3-10-7)4-13-5-11-12-9(13)16/h1-3,5H,4H2,(H,12,16)(H,14,15). The van der Waals surface area contributed by atoms with Gasteiger partial charge in [0.25, 0.3) is 0 Å². The predicted molar refractivity (Wildman–Crippen MR) is 53.1 cm³/mol. The second-order valence-electron chi connectivity index (χ2n) is 3.15. The second kappa shape index (κ2) is 3.97. The summed E-state index contributed by atoms with van der Waals surface area (Å²) >= 11 is 0. The summed E-state index contributed by atoms with van der Waals surface area (Å²) in [6.07, 6.45) is 2.79. The zero-order chi connectivity index (χ0) is 11.5. The molecule has 0 aliphatic rings. The fourth-order valence-electron chi connectivity index (χ4n) is 1.22. The number of aromatic amines is 1. The van der Waals surface area contributed by atoms with E-state index in [9.17, 15) is 9.59 Å². The van der Waals surface area contributed by atoms with Gasteiger partial charge in [0.2, 0.25) is 0 Å². The number of pyridine rings is 1. The van der Waals surface area contributed by atoms with E-state index in [0.717, 1.165) is 5.56 Å². The quantitative estimate of drug-likeness (QED) is 0.740. The Balaban J connectivity index is 2.20. The van der Waals surface area contributed by atoms with E-state index in [1.54, 1.807) is 6.07 Å². The number of rotatable bonds is 3. The van der Waals surface area contributed by atoms with E-state index in [2.05, 4.69) is 15.2 Å². The van der Waals surface area contributed by atoms with Gasteiger partial charge in [0, 0.05) is 6.20 Å². The summed E-state index contributed by atoms with van der Waals surface area (Å²) in [4.78, 5) is 25.4. The van der Waals surface area contributed by atoms with Crippen LogP contribution in [0.2, 0.25) is 0 Å². The van der Waals surface area contributed by atoms with Crippen LogP contribution in [0, 0.1) is 0 Å². The van der Waals surface area contributed by atoms with Gasteiger partial charge < -0.3 is 5.11 Å². The van der Waals surface area contributed by atoms with Crippen molar-refractivity contribution in [2.75, 3.05) is 0 Å². The van der Waals surface area contributed by atoms with E-state index in [1.807, 2.05) is 0 Å². The first-order valence-electron chi connectivity index (χ1n) is 4.45. The van der Waals surface area contributed by atoms with Gasteiger partial charge in [-0.3, -0.25) is 4.57 Å². The molecule has 2 heterocycles. The minimum atomic E-state index is -1.08. The molecule has 7 heteroatoms. The van der Waals surface area contributed by atoms with Crippen molar-refractivity contribution in [2.45, 2.75) is 6.54 Å². The Morgan fingerprint density at radius 2 is 2.31 bits per heavy atom. The summed E-state index contributed by atoms with van der Waals surface area (Å²) < 4.78 is 1.36. The molecule has 0 saturated heterocycles. The third-order valence-electron chi connectivity index (χ3n) is 2.01. The molecule has 0 radical (unpaired) electrons. The monoisotopic (exact) mass is 220 g/mol. The van der Waals surface area contributed by atoms with E-state index in [1.165, 1.54) is 23.2 Å². The number of hydrogen-bond donors (Lipinski definition) is 2. The predicted octanol–water partition coefficient (Wildman–Crippen LogP) is -0.287. The number of aromatic nitrogens is 4. The summed E-state index contributed by atoms with van der Waals surface area (Å²) in [6, 6.07) is 3.00. The Labute approximate surface area is 89.4 Å². The van der Waals surface area contributed by atoms with E-state index in [4.69, 9.17) is 5.11 Å². The summed E-state index contributed by atoms with van der Waals surface area (Å²) in [5.41, 5.74) is 0.388. The van der Waals surface area contributed by atoms with Crippen molar-refractivity contribution >= 4 is 5.97 Å². The van der Waals surface area contributed by atoms with Crippen LogP contribution >= 0.6 is 0 Å². The van der Waals surface area contributed by atoms with E-state index < -0.39 is 5.97 Å². The number of carboxylic acids is 1. The topological polar surface area (TPSA) is 101 Å². The molecule has 16 heavy (non-hydrogen) atoms. The smallest absolute Gasteiger partial charge is 0.354 e. The van der Waals surface area contributed by atoms with Gasteiger partial charge in [0.05, 0.1) is 6.54 Å². The maximum atomic E-state index is 11.1. The Hall–Kier alpha value is -2.44. The van der Waals surface area contributed by atoms with Crippen molar-refractivity contribution in [3.8, 4) is 0 Å². The highest BCUT2D eigenvalue weighted by molar-refractivity contribution is 5.85. The highest BCUT2D eigenvalue weighted by atomic mass is 16.4. The molecule has 0 aromatic carbocycles. The van der Waals surface area contributed by atoms with Crippen LogP contribution in [-0.4, -0.2) is 30.8 Å². The van der Waals surface area contributed by atoms with Crippen LogP contribution in [0.25, 0.3) is 0 Å². The van der Waals surface area contributed by atoms with Crippen molar-refractivity contribution in [2.24, 2.45) is 0 Å². The van der Waals surface area contributed by atoms with Gasteiger partial charge in [-0.1, -0.05) is 6.07 Å². The third kappa shape index (κ3) is 1.97. The molecular formula is C9H8N4O3. The zero-order valence-electron chi connectivity index (χ0n) is 8.12. The fraction of sp³-hybridized carbons (Fsp3) is 0.111. The number of aromatic carboxylic acids is 1. The molecular weight excluding hydrogens is 212 g/mol. The number of nitrogens with zero attached hydrogens (tertiary/aromatic N) is 3. The lowest BCUT2D eigenvalue weighted by atomic mass is 10.2. The molecule has 0 amide bonds. The minimum absolute atomic E-state index is 0.0247. The third-order valence-corrected chi connectivity index (χ3v) is 2.01. The van der Waals surface area contributed by atoms with Crippen molar-refractivity contribution < 1.29 is 9.90 Å². The number of nitrogens with one attached hydrogen (secondary N) is 1. The molecule has 82 valence electrons. The molecule has 0 spiro atoms. The maximum absolute atomic E-state index is 11.1. The van der Waals surface area contributed by atoms with Crippen LogP contribution in [0.4, 0.5) is 0 Å². The molecule has 0 fully saturated rings. The average Bonchev–Trinajstić information content (AvgIpc) is 2.65. The molecule has 2 aromatic rings. The Morgan fingerprint density at radius 3 is 2.81 bits per heavy atom. The van der Waals surface area contributed by atoms with Gasteiger partial charge in [-0.15, -0.1) is 0 Å². The van der Waals surface area contributed by atoms with Crippen LogP contribution in [0.15, 0.2) is 29.5 Å². The van der Waals surface area contributed by atoms with Crippen molar-refractivity contribution in [3.05, 3.63) is 46.4 Å². The van der Waals surface area contributed by atoms with Gasteiger partial charge in [-0.25, -0.2) is 19.7 Å². The average molecular weight is 220 g/mol. The van der Waals surface area contributed by atoms with E-state index in [-0.39, 0.29) is 11.4 Å². The molecule has 0 unspecified atom stereocenters. The lowest BCUT2D eigenvalue weighted by molar-refractivity contribution is 0.0690. The summed E-state index contributed by atoms with van der Waals surface area (Å²) in [5, 5.41) is 14.5. The first-order valence-corrected chi connectivity index (χ1v) is 4.45. The Bertz CT molecular complexity index is 555. The number of hydrogen-bond acceptors (Lipinski definition) is 4. The first-order chi connectivity index (χ1) is 7.66. The van der Waals surface area contributed by atoms with Gasteiger partial charge in [0.15, 0.2) is 0 Å². The van der Waals surface area contributed by atoms with E-state index >= 15 is 0 Å². The number of carbonyl (C=O) groups is 1. The van der Waals surface area contributed by atoms with Crippen LogP contribution < -0.4 is 5.69 Å². The van der Waals surface area contributed by atoms with E-state index in [0.29, 0.717) is 6.54 Å². The lowest BCUT2D eigenvalue weighted by Crippen LogP contribution is -2.17. The van der Waals surface area contributed by atoms with Crippen LogP contribution in [-0.2, 0) is 6.54 Å². The normalized spacial score (nSPS) is 10.2. The molecule has 2 N–H and O–H groups in total. The first kappa shape index (κ1) is 10.1. The maximum Gasteiger partial charge on any atom is 0.354 e. The second-order valence-corrected chi connectivity index (χ2v) is 3.15. The summed E-state index contributed by atoms with van der Waals surface area (Å²) in [5.74, 6) is -1.08. The van der Waals surface area contributed by atoms with Gasteiger partial charge in [-0.2, -0.15) is 5.10 Å².